The third-order valence-corrected chi connectivity index (χ3v) is 5.87. The van der Waals surface area contributed by atoms with Gasteiger partial charge in [-0.3, -0.25) is 9.59 Å². The fraction of sp³-hybridized carbons (Fsp3) is 0.185. The van der Waals surface area contributed by atoms with Gasteiger partial charge in [-0.25, -0.2) is 0 Å². The van der Waals surface area contributed by atoms with E-state index in [1.54, 1.807) is 30.3 Å². The Morgan fingerprint density at radius 2 is 1.73 bits per heavy atom. The lowest BCUT2D eigenvalue weighted by Crippen LogP contribution is -2.22. The Morgan fingerprint density at radius 3 is 2.45 bits per heavy atom. The second kappa shape index (κ2) is 9.12. The van der Waals surface area contributed by atoms with E-state index in [9.17, 15) is 9.59 Å². The fourth-order valence-electron chi connectivity index (χ4n) is 3.74. The minimum absolute atomic E-state index is 0.0455. The number of hydrogen-bond donors (Lipinski definition) is 1. The SMILES string of the molecule is Cc1cc(C)c2oc(-c3ccccc3Cl)c(OCC(=O)Nc3ccc(C)c(C)c3)c(=O)c2c1. The summed E-state index contributed by atoms with van der Waals surface area (Å²) >= 11 is 6.40. The van der Waals surface area contributed by atoms with Crippen LogP contribution in [-0.2, 0) is 4.79 Å². The second-order valence-electron chi connectivity index (χ2n) is 8.16. The highest BCUT2D eigenvalue weighted by atomic mass is 35.5. The van der Waals surface area contributed by atoms with Crippen LogP contribution in [0.2, 0.25) is 5.02 Å². The number of benzene rings is 3. The maximum absolute atomic E-state index is 13.4. The summed E-state index contributed by atoms with van der Waals surface area (Å²) in [6.07, 6.45) is 0. The summed E-state index contributed by atoms with van der Waals surface area (Å²) in [7, 11) is 0. The van der Waals surface area contributed by atoms with E-state index in [0.29, 0.717) is 27.2 Å². The van der Waals surface area contributed by atoms with E-state index in [1.165, 1.54) is 0 Å². The molecule has 1 aromatic heterocycles. The van der Waals surface area contributed by atoms with Crippen molar-refractivity contribution in [3.63, 3.8) is 0 Å². The predicted octanol–water partition coefficient (Wildman–Crippen LogP) is 6.36. The average Bonchev–Trinajstić information content (AvgIpc) is 2.76. The first-order chi connectivity index (χ1) is 15.7. The zero-order chi connectivity index (χ0) is 23.7. The third-order valence-electron chi connectivity index (χ3n) is 5.54. The maximum Gasteiger partial charge on any atom is 0.262 e. The lowest BCUT2D eigenvalue weighted by Gasteiger charge is -2.14. The van der Waals surface area contributed by atoms with Gasteiger partial charge in [0, 0.05) is 11.3 Å². The van der Waals surface area contributed by atoms with E-state index in [1.807, 2.05) is 52.0 Å². The molecule has 4 aromatic rings. The Kier molecular flexibility index (Phi) is 6.25. The van der Waals surface area contributed by atoms with E-state index < -0.39 is 0 Å². The van der Waals surface area contributed by atoms with Crippen molar-refractivity contribution in [1.29, 1.82) is 0 Å². The molecule has 0 aliphatic heterocycles. The van der Waals surface area contributed by atoms with E-state index in [-0.39, 0.29) is 29.5 Å². The fourth-order valence-corrected chi connectivity index (χ4v) is 3.96. The van der Waals surface area contributed by atoms with Gasteiger partial charge in [-0.05, 0) is 80.3 Å². The molecule has 168 valence electrons. The molecular weight excluding hydrogens is 438 g/mol. The molecule has 4 rings (SSSR count). The van der Waals surface area contributed by atoms with Crippen molar-refractivity contribution < 1.29 is 13.9 Å². The number of anilines is 1. The summed E-state index contributed by atoms with van der Waals surface area (Å²) in [5.41, 5.74) is 5.25. The molecule has 0 spiro atoms. The van der Waals surface area contributed by atoms with Crippen LogP contribution in [0, 0.1) is 27.7 Å². The van der Waals surface area contributed by atoms with Crippen LogP contribution in [0.3, 0.4) is 0 Å². The molecule has 0 aliphatic carbocycles. The summed E-state index contributed by atoms with van der Waals surface area (Å²) in [5, 5.41) is 3.61. The number of rotatable bonds is 5. The standard InChI is InChI=1S/C27H24ClNO4/c1-15-11-18(4)25-21(12-15)24(31)27(26(33-25)20-7-5-6-8-22(20)28)32-14-23(30)29-19-10-9-16(2)17(3)13-19/h5-13H,14H2,1-4H3,(H,29,30). The van der Waals surface area contributed by atoms with Crippen molar-refractivity contribution >= 4 is 34.2 Å². The Labute approximate surface area is 197 Å². The molecule has 0 atom stereocenters. The maximum atomic E-state index is 13.4. The molecule has 0 aliphatic rings. The third kappa shape index (κ3) is 4.64. The van der Waals surface area contributed by atoms with Crippen molar-refractivity contribution in [1.82, 2.24) is 0 Å². The van der Waals surface area contributed by atoms with Gasteiger partial charge in [-0.1, -0.05) is 35.9 Å². The molecule has 33 heavy (non-hydrogen) atoms. The second-order valence-corrected chi connectivity index (χ2v) is 8.57. The molecule has 1 heterocycles. The highest BCUT2D eigenvalue weighted by Crippen LogP contribution is 2.36. The van der Waals surface area contributed by atoms with Gasteiger partial charge < -0.3 is 14.5 Å². The van der Waals surface area contributed by atoms with Crippen LogP contribution in [0.1, 0.15) is 22.3 Å². The quantitative estimate of drug-likeness (QED) is 0.375. The Hall–Kier alpha value is -3.57. The van der Waals surface area contributed by atoms with Gasteiger partial charge in [0.25, 0.3) is 5.91 Å². The van der Waals surface area contributed by atoms with Crippen LogP contribution in [0.5, 0.6) is 5.75 Å². The lowest BCUT2D eigenvalue weighted by molar-refractivity contribution is -0.118. The van der Waals surface area contributed by atoms with E-state index in [4.69, 9.17) is 20.8 Å². The number of amides is 1. The lowest BCUT2D eigenvalue weighted by atomic mass is 10.1. The summed E-state index contributed by atoms with van der Waals surface area (Å²) in [4.78, 5) is 26.0. The topological polar surface area (TPSA) is 68.5 Å². The van der Waals surface area contributed by atoms with Crippen molar-refractivity contribution in [2.24, 2.45) is 0 Å². The van der Waals surface area contributed by atoms with Crippen LogP contribution < -0.4 is 15.5 Å². The zero-order valence-electron chi connectivity index (χ0n) is 18.9. The number of hydrogen-bond acceptors (Lipinski definition) is 4. The van der Waals surface area contributed by atoms with Crippen molar-refractivity contribution in [2.75, 3.05) is 11.9 Å². The Bertz CT molecular complexity index is 1440. The number of ether oxygens (including phenoxy) is 1. The van der Waals surface area contributed by atoms with Crippen molar-refractivity contribution in [2.45, 2.75) is 27.7 Å². The number of halogens is 1. The molecule has 6 heteroatoms. The average molecular weight is 462 g/mol. The molecule has 1 N–H and O–H groups in total. The molecule has 0 unspecified atom stereocenters. The van der Waals surface area contributed by atoms with Gasteiger partial charge in [0.1, 0.15) is 5.58 Å². The highest BCUT2D eigenvalue weighted by molar-refractivity contribution is 6.33. The van der Waals surface area contributed by atoms with Crippen molar-refractivity contribution in [3.8, 4) is 17.1 Å². The highest BCUT2D eigenvalue weighted by Gasteiger charge is 2.21. The van der Waals surface area contributed by atoms with Crippen LogP contribution in [-0.4, -0.2) is 12.5 Å². The van der Waals surface area contributed by atoms with Gasteiger partial charge in [-0.2, -0.15) is 0 Å². The van der Waals surface area contributed by atoms with Gasteiger partial charge >= 0.3 is 0 Å². The van der Waals surface area contributed by atoms with E-state index in [2.05, 4.69) is 5.32 Å². The number of aryl methyl sites for hydroxylation is 4. The first-order valence-electron chi connectivity index (χ1n) is 10.6. The molecule has 0 saturated carbocycles. The van der Waals surface area contributed by atoms with Crippen LogP contribution >= 0.6 is 11.6 Å². The molecule has 5 nitrogen and oxygen atoms in total. The van der Waals surface area contributed by atoms with Gasteiger partial charge in [0.15, 0.2) is 12.4 Å². The molecule has 0 bridgehead atoms. The van der Waals surface area contributed by atoms with E-state index in [0.717, 1.165) is 22.3 Å². The molecule has 1 amide bonds. The number of carbonyl (C=O) groups is 1. The van der Waals surface area contributed by atoms with E-state index >= 15 is 0 Å². The van der Waals surface area contributed by atoms with Crippen LogP contribution in [0.4, 0.5) is 5.69 Å². The van der Waals surface area contributed by atoms with Gasteiger partial charge in [0.2, 0.25) is 11.2 Å². The minimum Gasteiger partial charge on any atom is -0.476 e. The largest absolute Gasteiger partial charge is 0.476 e. The monoisotopic (exact) mass is 461 g/mol. The first kappa shape index (κ1) is 22.6. The summed E-state index contributed by atoms with van der Waals surface area (Å²) in [5.74, 6) is -0.233. The van der Waals surface area contributed by atoms with Crippen molar-refractivity contribution in [3.05, 3.63) is 92.1 Å². The predicted molar refractivity (Wildman–Crippen MR) is 132 cm³/mol. The molecule has 3 aromatic carbocycles. The number of fused-ring (bicyclic) bond motifs is 1. The smallest absolute Gasteiger partial charge is 0.262 e. The summed E-state index contributed by atoms with van der Waals surface area (Å²) in [6, 6.07) is 16.4. The Balaban J connectivity index is 1.73. The molecule has 0 saturated heterocycles. The zero-order valence-corrected chi connectivity index (χ0v) is 19.7. The number of nitrogens with one attached hydrogen (secondary N) is 1. The normalized spacial score (nSPS) is 10.9. The Morgan fingerprint density at radius 1 is 0.970 bits per heavy atom. The molecule has 0 radical (unpaired) electrons. The summed E-state index contributed by atoms with van der Waals surface area (Å²) < 4.78 is 11.9. The molecular formula is C27H24ClNO4. The van der Waals surface area contributed by atoms with Crippen LogP contribution in [0.15, 0.2) is 63.8 Å². The first-order valence-corrected chi connectivity index (χ1v) is 10.9. The number of carbonyl (C=O) groups excluding carboxylic acids is 1. The molecule has 0 fully saturated rings. The van der Waals surface area contributed by atoms with Gasteiger partial charge in [-0.15, -0.1) is 0 Å². The van der Waals surface area contributed by atoms with Crippen LogP contribution in [0.25, 0.3) is 22.3 Å². The summed E-state index contributed by atoms with van der Waals surface area (Å²) in [6.45, 7) is 7.41. The minimum atomic E-state index is -0.386. The van der Waals surface area contributed by atoms with Gasteiger partial charge in [0.05, 0.1) is 10.4 Å².